The predicted octanol–water partition coefficient (Wildman–Crippen LogP) is 0.993. The lowest BCUT2D eigenvalue weighted by atomic mass is 10.2. The lowest BCUT2D eigenvalue weighted by Gasteiger charge is -2.22. The molecule has 92 valence electrons. The summed E-state index contributed by atoms with van der Waals surface area (Å²) in [7, 11) is 0. The first kappa shape index (κ1) is 12.2. The maximum absolute atomic E-state index is 11.9. The van der Waals surface area contributed by atoms with Crippen molar-refractivity contribution in [3.8, 4) is 0 Å². The summed E-state index contributed by atoms with van der Waals surface area (Å²) in [6.07, 6.45) is 2.21. The van der Waals surface area contributed by atoms with Gasteiger partial charge in [0.2, 0.25) is 0 Å². The molecule has 1 aliphatic heterocycles. The quantitative estimate of drug-likeness (QED) is 0.552. The molecule has 5 nitrogen and oxygen atoms in total. The molecule has 2 heterocycles. The lowest BCUT2D eigenvalue weighted by molar-refractivity contribution is 0.0933. The Hall–Kier alpha value is -1.27. The van der Waals surface area contributed by atoms with Crippen molar-refractivity contribution >= 4 is 23.5 Å². The van der Waals surface area contributed by atoms with Gasteiger partial charge in [-0.2, -0.15) is 11.8 Å². The first-order chi connectivity index (χ1) is 8.29. The molecule has 0 aliphatic carbocycles. The summed E-state index contributed by atoms with van der Waals surface area (Å²) in [5.41, 5.74) is 2.83. The van der Waals surface area contributed by atoms with E-state index in [1.165, 1.54) is 5.75 Å². The Bertz CT molecular complexity index is 393. The molecule has 1 aromatic rings. The molecule has 0 bridgehead atoms. The molecule has 17 heavy (non-hydrogen) atoms. The topological polar surface area (TPSA) is 80.0 Å². The molecule has 1 saturated heterocycles. The van der Waals surface area contributed by atoms with E-state index >= 15 is 0 Å². The van der Waals surface area contributed by atoms with Crippen LogP contribution in [0.5, 0.6) is 0 Å². The fourth-order valence-corrected chi connectivity index (χ4v) is 2.83. The number of thioether (sulfide) groups is 1. The summed E-state index contributed by atoms with van der Waals surface area (Å²) in [5.74, 6) is 7.80. The van der Waals surface area contributed by atoms with Crippen LogP contribution in [0.1, 0.15) is 23.3 Å². The number of rotatable bonds is 3. The van der Waals surface area contributed by atoms with E-state index in [-0.39, 0.29) is 11.9 Å². The van der Waals surface area contributed by atoms with E-state index in [4.69, 9.17) is 5.84 Å². The number of carbonyl (C=O) groups is 1. The second-order valence-electron chi connectivity index (χ2n) is 3.94. The summed E-state index contributed by atoms with van der Waals surface area (Å²) in [4.78, 5) is 16.0. The van der Waals surface area contributed by atoms with Gasteiger partial charge in [0.25, 0.3) is 5.91 Å². The van der Waals surface area contributed by atoms with Crippen LogP contribution in [0.4, 0.5) is 5.82 Å². The number of aromatic nitrogens is 1. The van der Waals surface area contributed by atoms with Crippen LogP contribution in [0.2, 0.25) is 0 Å². The number of pyridine rings is 1. The van der Waals surface area contributed by atoms with Gasteiger partial charge in [0.05, 0.1) is 0 Å². The Labute approximate surface area is 105 Å². The van der Waals surface area contributed by atoms with Gasteiger partial charge in [-0.25, -0.2) is 10.8 Å². The van der Waals surface area contributed by atoms with Crippen LogP contribution in [-0.4, -0.2) is 28.4 Å². The minimum absolute atomic E-state index is 0.130. The molecule has 1 atom stereocenters. The second kappa shape index (κ2) is 5.88. The van der Waals surface area contributed by atoms with Gasteiger partial charge in [-0.15, -0.1) is 0 Å². The third-order valence-corrected chi connectivity index (χ3v) is 3.84. The molecule has 1 unspecified atom stereocenters. The van der Waals surface area contributed by atoms with Crippen molar-refractivity contribution in [3.05, 3.63) is 23.9 Å². The summed E-state index contributed by atoms with van der Waals surface area (Å²) >= 11 is 1.88. The summed E-state index contributed by atoms with van der Waals surface area (Å²) in [6.45, 7) is 0. The Kier molecular flexibility index (Phi) is 4.22. The van der Waals surface area contributed by atoms with Crippen molar-refractivity contribution in [1.82, 2.24) is 10.3 Å². The molecule has 6 heteroatoms. The third-order valence-electron chi connectivity index (χ3n) is 2.63. The van der Waals surface area contributed by atoms with Gasteiger partial charge in [-0.3, -0.25) is 4.79 Å². The normalized spacial score (nSPS) is 19.7. The van der Waals surface area contributed by atoms with Gasteiger partial charge in [-0.1, -0.05) is 6.07 Å². The van der Waals surface area contributed by atoms with Crippen LogP contribution in [0.25, 0.3) is 0 Å². The van der Waals surface area contributed by atoms with Gasteiger partial charge in [0.1, 0.15) is 11.5 Å². The largest absolute Gasteiger partial charge is 0.347 e. The highest BCUT2D eigenvalue weighted by molar-refractivity contribution is 7.99. The zero-order chi connectivity index (χ0) is 12.1. The molecule has 1 amide bonds. The van der Waals surface area contributed by atoms with E-state index in [1.54, 1.807) is 18.2 Å². The molecule has 0 radical (unpaired) electrons. The summed E-state index contributed by atoms with van der Waals surface area (Å²) < 4.78 is 0. The minimum atomic E-state index is -0.130. The third kappa shape index (κ3) is 3.34. The maximum atomic E-state index is 11.9. The van der Waals surface area contributed by atoms with Crippen molar-refractivity contribution in [2.45, 2.75) is 18.9 Å². The van der Waals surface area contributed by atoms with Gasteiger partial charge in [-0.05, 0) is 30.7 Å². The number of hydrazine groups is 1. The second-order valence-corrected chi connectivity index (χ2v) is 5.09. The number of carbonyl (C=O) groups excluding carboxylic acids is 1. The summed E-state index contributed by atoms with van der Waals surface area (Å²) in [5, 5.41) is 3.00. The van der Waals surface area contributed by atoms with Gasteiger partial charge >= 0.3 is 0 Å². The van der Waals surface area contributed by atoms with Crippen molar-refractivity contribution in [2.24, 2.45) is 5.84 Å². The molecule has 1 aliphatic rings. The monoisotopic (exact) mass is 252 g/mol. The first-order valence-electron chi connectivity index (χ1n) is 5.62. The average molecular weight is 252 g/mol. The zero-order valence-corrected chi connectivity index (χ0v) is 10.3. The SMILES string of the molecule is NNc1cccc(C(=O)NC2CCCSC2)n1. The molecule has 2 rings (SSSR count). The van der Waals surface area contributed by atoms with Crippen molar-refractivity contribution in [2.75, 3.05) is 16.9 Å². The fourth-order valence-electron chi connectivity index (χ4n) is 1.76. The Morgan fingerprint density at radius 2 is 2.41 bits per heavy atom. The van der Waals surface area contributed by atoms with Crippen molar-refractivity contribution in [3.63, 3.8) is 0 Å². The number of hydrogen-bond donors (Lipinski definition) is 3. The maximum Gasteiger partial charge on any atom is 0.270 e. The molecule has 0 spiro atoms. The van der Waals surface area contributed by atoms with Crippen LogP contribution in [0.3, 0.4) is 0 Å². The number of anilines is 1. The molecular formula is C11H16N4OS. The number of nitrogens with one attached hydrogen (secondary N) is 2. The molecule has 0 aromatic carbocycles. The first-order valence-corrected chi connectivity index (χ1v) is 6.77. The molecule has 0 saturated carbocycles. The number of nitrogens with two attached hydrogens (primary N) is 1. The van der Waals surface area contributed by atoms with Crippen LogP contribution in [0.15, 0.2) is 18.2 Å². The highest BCUT2D eigenvalue weighted by atomic mass is 32.2. The van der Waals surface area contributed by atoms with Crippen LogP contribution >= 0.6 is 11.8 Å². The van der Waals surface area contributed by atoms with Gasteiger partial charge < -0.3 is 10.7 Å². The average Bonchev–Trinajstić information content (AvgIpc) is 2.40. The Morgan fingerprint density at radius 3 is 3.12 bits per heavy atom. The van der Waals surface area contributed by atoms with Gasteiger partial charge in [0, 0.05) is 11.8 Å². The number of nitrogen functional groups attached to an aromatic ring is 1. The zero-order valence-electron chi connectivity index (χ0n) is 9.48. The summed E-state index contributed by atoms with van der Waals surface area (Å²) in [6, 6.07) is 5.42. The van der Waals surface area contributed by atoms with Crippen LogP contribution < -0.4 is 16.6 Å². The number of amides is 1. The van der Waals surface area contributed by atoms with Crippen LogP contribution in [-0.2, 0) is 0 Å². The van der Waals surface area contributed by atoms with E-state index in [0.29, 0.717) is 11.5 Å². The van der Waals surface area contributed by atoms with E-state index in [1.807, 2.05) is 11.8 Å². The van der Waals surface area contributed by atoms with E-state index in [2.05, 4.69) is 15.7 Å². The van der Waals surface area contributed by atoms with Crippen molar-refractivity contribution < 1.29 is 4.79 Å². The van der Waals surface area contributed by atoms with Gasteiger partial charge in [0.15, 0.2) is 0 Å². The molecule has 1 fully saturated rings. The molecule has 4 N–H and O–H groups in total. The van der Waals surface area contributed by atoms with E-state index in [0.717, 1.165) is 18.6 Å². The smallest absolute Gasteiger partial charge is 0.270 e. The highest BCUT2D eigenvalue weighted by Crippen LogP contribution is 2.17. The van der Waals surface area contributed by atoms with E-state index in [9.17, 15) is 4.79 Å². The standard InChI is InChI=1S/C11H16N4OS/c12-15-10-5-1-4-9(14-10)11(16)13-8-3-2-6-17-7-8/h1,4-5,8H,2-3,6-7,12H2,(H,13,16)(H,14,15). The van der Waals surface area contributed by atoms with Crippen LogP contribution in [0, 0.1) is 0 Å². The van der Waals surface area contributed by atoms with E-state index < -0.39 is 0 Å². The number of hydrogen-bond acceptors (Lipinski definition) is 5. The van der Waals surface area contributed by atoms with Crippen molar-refractivity contribution in [1.29, 1.82) is 0 Å². The highest BCUT2D eigenvalue weighted by Gasteiger charge is 2.17. The predicted molar refractivity (Wildman–Crippen MR) is 69.9 cm³/mol. The fraction of sp³-hybridized carbons (Fsp3) is 0.455. The Balaban J connectivity index is 1.98. The lowest BCUT2D eigenvalue weighted by Crippen LogP contribution is -2.38. The molecular weight excluding hydrogens is 236 g/mol. The Morgan fingerprint density at radius 1 is 1.53 bits per heavy atom. The number of nitrogens with zero attached hydrogens (tertiary/aromatic N) is 1. The molecule has 1 aromatic heterocycles. The minimum Gasteiger partial charge on any atom is -0.347 e.